The molecule has 0 saturated heterocycles. The first-order valence-electron chi connectivity index (χ1n) is 8.29. The molecule has 0 bridgehead atoms. The molecule has 0 unspecified atom stereocenters. The third-order valence-corrected chi connectivity index (χ3v) is 5.25. The summed E-state index contributed by atoms with van der Waals surface area (Å²) in [7, 11) is -1.84. The second-order valence-corrected chi connectivity index (χ2v) is 8.06. The number of anilines is 2. The summed E-state index contributed by atoms with van der Waals surface area (Å²) in [4.78, 5) is 12.5. The molecule has 140 valence electrons. The van der Waals surface area contributed by atoms with Crippen LogP contribution in [0.3, 0.4) is 0 Å². The Morgan fingerprint density at radius 3 is 2.31 bits per heavy atom. The lowest BCUT2D eigenvalue weighted by Gasteiger charge is -2.20. The number of para-hydroxylation sites is 1. The largest absolute Gasteiger partial charge is 0.481 e. The minimum Gasteiger partial charge on any atom is -0.481 e. The second kappa shape index (κ2) is 8.23. The third-order valence-electron chi connectivity index (χ3n) is 4.04. The van der Waals surface area contributed by atoms with Gasteiger partial charge in [0.2, 0.25) is 10.0 Å². The van der Waals surface area contributed by atoms with Gasteiger partial charge in [-0.1, -0.05) is 25.1 Å². The molecular weight excluding hydrogens is 352 g/mol. The van der Waals surface area contributed by atoms with Gasteiger partial charge in [0.25, 0.3) is 5.91 Å². The van der Waals surface area contributed by atoms with Gasteiger partial charge in [-0.05, 0) is 49.2 Å². The number of carbonyl (C=O) groups excluding carboxylic acids is 1. The van der Waals surface area contributed by atoms with Crippen molar-refractivity contribution in [3.05, 3.63) is 54.1 Å². The second-order valence-electron chi connectivity index (χ2n) is 6.04. The number of hydrogen-bond donors (Lipinski definition) is 1. The molecule has 2 rings (SSSR count). The van der Waals surface area contributed by atoms with Gasteiger partial charge >= 0.3 is 0 Å². The van der Waals surface area contributed by atoms with Crippen LogP contribution >= 0.6 is 0 Å². The van der Waals surface area contributed by atoms with Gasteiger partial charge in [-0.25, -0.2) is 8.42 Å². The highest BCUT2D eigenvalue weighted by Gasteiger charge is 2.19. The molecule has 0 aliphatic heterocycles. The van der Waals surface area contributed by atoms with Gasteiger partial charge in [-0.3, -0.25) is 9.10 Å². The number of nitrogens with zero attached hydrogens (tertiary/aromatic N) is 1. The zero-order valence-electron chi connectivity index (χ0n) is 15.4. The Balaban J connectivity index is 2.07. The quantitative estimate of drug-likeness (QED) is 0.805. The van der Waals surface area contributed by atoms with Crippen LogP contribution in [0, 0.1) is 6.92 Å². The summed E-state index contributed by atoms with van der Waals surface area (Å²) in [5.74, 6) is 0.279. The predicted octanol–water partition coefficient (Wildman–Crippen LogP) is 3.19. The molecule has 1 amide bonds. The Hall–Kier alpha value is -2.54. The number of carbonyl (C=O) groups is 1. The van der Waals surface area contributed by atoms with E-state index >= 15 is 0 Å². The molecule has 0 aromatic heterocycles. The molecular formula is C19H24N2O4S. The topological polar surface area (TPSA) is 75.7 Å². The van der Waals surface area contributed by atoms with Crippen molar-refractivity contribution >= 4 is 27.3 Å². The zero-order chi connectivity index (χ0) is 19.3. The number of benzene rings is 2. The fourth-order valence-electron chi connectivity index (χ4n) is 2.34. The van der Waals surface area contributed by atoms with Crippen LogP contribution in [-0.2, 0) is 14.8 Å². The normalized spacial score (nSPS) is 12.3. The van der Waals surface area contributed by atoms with Gasteiger partial charge in [0.05, 0.1) is 11.9 Å². The monoisotopic (exact) mass is 376 g/mol. The van der Waals surface area contributed by atoms with E-state index in [2.05, 4.69) is 5.32 Å². The van der Waals surface area contributed by atoms with Crippen molar-refractivity contribution in [3.63, 3.8) is 0 Å². The van der Waals surface area contributed by atoms with E-state index in [1.165, 1.54) is 11.4 Å². The fraction of sp³-hybridized carbons (Fsp3) is 0.316. The average molecular weight is 376 g/mol. The summed E-state index contributed by atoms with van der Waals surface area (Å²) < 4.78 is 30.1. The molecule has 2 aromatic carbocycles. The summed E-state index contributed by atoms with van der Waals surface area (Å²) in [5.41, 5.74) is 2.26. The maximum atomic E-state index is 12.5. The molecule has 0 saturated carbocycles. The molecule has 0 heterocycles. The number of sulfonamides is 1. The fourth-order valence-corrected chi connectivity index (χ4v) is 2.84. The average Bonchev–Trinajstić information content (AvgIpc) is 2.60. The van der Waals surface area contributed by atoms with Crippen molar-refractivity contribution in [2.24, 2.45) is 0 Å². The standard InChI is InChI=1S/C19H24N2O4S/c1-5-18(19(22)20-17-9-7-6-8-14(17)2)25-16-12-10-15(11-13-16)21(3)26(4,23)24/h6-13,18H,5H2,1-4H3,(H,20,22)/t18-/m0/s1. The number of hydrogen-bond acceptors (Lipinski definition) is 4. The molecule has 0 aliphatic rings. The van der Waals surface area contributed by atoms with Crippen LogP contribution < -0.4 is 14.4 Å². The molecule has 26 heavy (non-hydrogen) atoms. The van der Waals surface area contributed by atoms with Gasteiger partial charge in [0.15, 0.2) is 6.10 Å². The van der Waals surface area contributed by atoms with Crippen molar-refractivity contribution in [3.8, 4) is 5.75 Å². The highest BCUT2D eigenvalue weighted by atomic mass is 32.2. The van der Waals surface area contributed by atoms with E-state index in [0.29, 0.717) is 17.9 Å². The summed E-state index contributed by atoms with van der Waals surface area (Å²) in [6.07, 6.45) is 0.997. The number of ether oxygens (including phenoxy) is 1. The molecule has 0 fully saturated rings. The van der Waals surface area contributed by atoms with Crippen LogP contribution in [-0.4, -0.2) is 33.7 Å². The van der Waals surface area contributed by atoms with Crippen LogP contribution in [0.25, 0.3) is 0 Å². The third kappa shape index (κ3) is 4.98. The molecule has 7 heteroatoms. The van der Waals surface area contributed by atoms with E-state index in [1.54, 1.807) is 24.3 Å². The maximum absolute atomic E-state index is 12.5. The first-order chi connectivity index (χ1) is 12.2. The Labute approximate surface area is 154 Å². The Kier molecular flexibility index (Phi) is 6.26. The van der Waals surface area contributed by atoms with Gasteiger partial charge in [0.1, 0.15) is 5.75 Å². The van der Waals surface area contributed by atoms with Gasteiger partial charge < -0.3 is 10.1 Å². The first-order valence-corrected chi connectivity index (χ1v) is 10.1. The van der Waals surface area contributed by atoms with Crippen LogP contribution in [0.5, 0.6) is 5.75 Å². The smallest absolute Gasteiger partial charge is 0.265 e. The Morgan fingerprint density at radius 2 is 1.77 bits per heavy atom. The number of nitrogens with one attached hydrogen (secondary N) is 1. The highest BCUT2D eigenvalue weighted by molar-refractivity contribution is 7.92. The van der Waals surface area contributed by atoms with E-state index < -0.39 is 16.1 Å². The van der Waals surface area contributed by atoms with E-state index in [4.69, 9.17) is 4.74 Å². The van der Waals surface area contributed by atoms with E-state index in [1.807, 2.05) is 38.1 Å². The van der Waals surface area contributed by atoms with Gasteiger partial charge in [-0.2, -0.15) is 0 Å². The summed E-state index contributed by atoms with van der Waals surface area (Å²) in [6.45, 7) is 3.79. The van der Waals surface area contributed by atoms with E-state index in [9.17, 15) is 13.2 Å². The molecule has 1 atom stereocenters. The van der Waals surface area contributed by atoms with Crippen LogP contribution in [0.2, 0.25) is 0 Å². The van der Waals surface area contributed by atoms with Crippen LogP contribution in [0.15, 0.2) is 48.5 Å². The van der Waals surface area contributed by atoms with Crippen molar-refractivity contribution in [1.82, 2.24) is 0 Å². The van der Waals surface area contributed by atoms with Crippen LogP contribution in [0.4, 0.5) is 11.4 Å². The molecule has 0 radical (unpaired) electrons. The van der Waals surface area contributed by atoms with Gasteiger partial charge in [-0.15, -0.1) is 0 Å². The number of amides is 1. The lowest BCUT2D eigenvalue weighted by atomic mass is 10.2. The summed E-state index contributed by atoms with van der Waals surface area (Å²) in [5, 5.41) is 2.88. The van der Waals surface area contributed by atoms with Crippen LogP contribution in [0.1, 0.15) is 18.9 Å². The van der Waals surface area contributed by atoms with E-state index in [0.717, 1.165) is 17.5 Å². The molecule has 0 aliphatic carbocycles. The number of rotatable bonds is 7. The minimum atomic E-state index is -3.32. The van der Waals surface area contributed by atoms with Crippen molar-refractivity contribution in [2.75, 3.05) is 22.9 Å². The first kappa shape index (κ1) is 19.8. The lowest BCUT2D eigenvalue weighted by molar-refractivity contribution is -0.122. The van der Waals surface area contributed by atoms with E-state index in [-0.39, 0.29) is 5.91 Å². The van der Waals surface area contributed by atoms with Crippen molar-refractivity contribution in [2.45, 2.75) is 26.4 Å². The van der Waals surface area contributed by atoms with Crippen molar-refractivity contribution < 1.29 is 17.9 Å². The molecule has 0 spiro atoms. The number of aryl methyl sites for hydroxylation is 1. The Bertz CT molecular complexity index is 863. The summed E-state index contributed by atoms with van der Waals surface area (Å²) in [6, 6.07) is 14.1. The molecule has 6 nitrogen and oxygen atoms in total. The van der Waals surface area contributed by atoms with Crippen molar-refractivity contribution in [1.29, 1.82) is 0 Å². The zero-order valence-corrected chi connectivity index (χ0v) is 16.2. The Morgan fingerprint density at radius 1 is 1.15 bits per heavy atom. The maximum Gasteiger partial charge on any atom is 0.265 e. The van der Waals surface area contributed by atoms with Gasteiger partial charge in [0, 0.05) is 12.7 Å². The highest BCUT2D eigenvalue weighted by Crippen LogP contribution is 2.22. The molecule has 1 N–H and O–H groups in total. The predicted molar refractivity (Wildman–Crippen MR) is 104 cm³/mol. The minimum absolute atomic E-state index is 0.223. The SMILES string of the molecule is CC[C@H](Oc1ccc(N(C)S(C)(=O)=O)cc1)C(=O)Nc1ccccc1C. The lowest BCUT2D eigenvalue weighted by Crippen LogP contribution is -2.32. The molecule has 2 aromatic rings. The summed E-state index contributed by atoms with van der Waals surface area (Å²) >= 11 is 0.